The molecule has 0 unspecified atom stereocenters. The van der Waals surface area contributed by atoms with Gasteiger partial charge in [-0.3, -0.25) is 4.79 Å². The standard InChI is InChI=1S/C17H19FN2O/c1-3-19-11-14-6-4-5-7-16(14)20-17(21)13-9-8-12(2)15(18)10-13/h4-10,19H,3,11H2,1-2H3,(H,20,21). The van der Waals surface area contributed by atoms with Gasteiger partial charge in [-0.25, -0.2) is 4.39 Å². The molecule has 0 atom stereocenters. The lowest BCUT2D eigenvalue weighted by molar-refractivity contribution is 0.102. The number of hydrogen-bond donors (Lipinski definition) is 2. The van der Waals surface area contributed by atoms with Crippen LogP contribution in [0.1, 0.15) is 28.4 Å². The van der Waals surface area contributed by atoms with Gasteiger partial charge in [0.05, 0.1) is 0 Å². The lowest BCUT2D eigenvalue weighted by Gasteiger charge is -2.11. The van der Waals surface area contributed by atoms with Gasteiger partial charge in [0.15, 0.2) is 0 Å². The molecule has 3 nitrogen and oxygen atoms in total. The normalized spacial score (nSPS) is 10.4. The number of aryl methyl sites for hydroxylation is 1. The minimum absolute atomic E-state index is 0.308. The van der Waals surface area contributed by atoms with Gasteiger partial charge >= 0.3 is 0 Å². The molecule has 0 bridgehead atoms. The number of benzene rings is 2. The molecule has 0 saturated heterocycles. The van der Waals surface area contributed by atoms with Gasteiger partial charge in [-0.15, -0.1) is 0 Å². The second kappa shape index (κ2) is 6.99. The molecule has 0 aliphatic heterocycles. The smallest absolute Gasteiger partial charge is 0.255 e. The quantitative estimate of drug-likeness (QED) is 0.883. The van der Waals surface area contributed by atoms with E-state index in [0.29, 0.717) is 17.7 Å². The van der Waals surface area contributed by atoms with Crippen LogP contribution in [0, 0.1) is 12.7 Å². The van der Waals surface area contributed by atoms with Crippen molar-refractivity contribution in [2.45, 2.75) is 20.4 Å². The van der Waals surface area contributed by atoms with Gasteiger partial charge in [-0.05, 0) is 42.8 Å². The molecule has 2 rings (SSSR count). The monoisotopic (exact) mass is 286 g/mol. The molecule has 4 heteroatoms. The maximum absolute atomic E-state index is 13.5. The highest BCUT2D eigenvalue weighted by Crippen LogP contribution is 2.17. The van der Waals surface area contributed by atoms with Gasteiger partial charge in [-0.1, -0.05) is 31.2 Å². The van der Waals surface area contributed by atoms with Crippen LogP contribution in [0.2, 0.25) is 0 Å². The zero-order valence-corrected chi connectivity index (χ0v) is 12.2. The molecule has 0 aliphatic carbocycles. The maximum Gasteiger partial charge on any atom is 0.255 e. The summed E-state index contributed by atoms with van der Waals surface area (Å²) in [4.78, 5) is 12.2. The zero-order valence-electron chi connectivity index (χ0n) is 12.2. The molecule has 0 aliphatic rings. The van der Waals surface area contributed by atoms with E-state index in [1.807, 2.05) is 31.2 Å². The van der Waals surface area contributed by atoms with Crippen LogP contribution in [0.4, 0.5) is 10.1 Å². The fourth-order valence-electron chi connectivity index (χ4n) is 1.98. The molecule has 2 aromatic rings. The Labute approximate surface area is 124 Å². The minimum Gasteiger partial charge on any atom is -0.322 e. The van der Waals surface area contributed by atoms with Crippen molar-refractivity contribution < 1.29 is 9.18 Å². The number of halogens is 1. The summed E-state index contributed by atoms with van der Waals surface area (Å²) in [6, 6.07) is 12.1. The van der Waals surface area contributed by atoms with E-state index in [1.54, 1.807) is 19.1 Å². The van der Waals surface area contributed by atoms with Gasteiger partial charge in [0.1, 0.15) is 5.82 Å². The summed E-state index contributed by atoms with van der Waals surface area (Å²) < 4.78 is 13.5. The molecule has 21 heavy (non-hydrogen) atoms. The Hall–Kier alpha value is -2.20. The summed E-state index contributed by atoms with van der Waals surface area (Å²) in [6.45, 7) is 5.22. The van der Waals surface area contributed by atoms with Gasteiger partial charge in [0.2, 0.25) is 0 Å². The molecule has 0 aromatic heterocycles. The Balaban J connectivity index is 2.17. The Morgan fingerprint density at radius 2 is 1.95 bits per heavy atom. The predicted molar refractivity (Wildman–Crippen MR) is 82.9 cm³/mol. The summed E-state index contributed by atoms with van der Waals surface area (Å²) in [5, 5.41) is 6.06. The number of hydrogen-bond acceptors (Lipinski definition) is 2. The molecule has 0 heterocycles. The van der Waals surface area contributed by atoms with Gasteiger partial charge < -0.3 is 10.6 Å². The lowest BCUT2D eigenvalue weighted by Crippen LogP contribution is -2.17. The molecule has 0 spiro atoms. The van der Waals surface area contributed by atoms with E-state index in [9.17, 15) is 9.18 Å². The van der Waals surface area contributed by atoms with Gasteiger partial charge in [0, 0.05) is 17.8 Å². The average molecular weight is 286 g/mol. The highest BCUT2D eigenvalue weighted by Gasteiger charge is 2.10. The number of para-hydroxylation sites is 1. The van der Waals surface area contributed by atoms with Crippen LogP contribution in [0.5, 0.6) is 0 Å². The van der Waals surface area contributed by atoms with E-state index in [-0.39, 0.29) is 11.7 Å². The number of carbonyl (C=O) groups is 1. The number of carbonyl (C=O) groups excluding carboxylic acids is 1. The Bertz CT molecular complexity index is 640. The van der Waals surface area contributed by atoms with Gasteiger partial charge in [-0.2, -0.15) is 0 Å². The lowest BCUT2D eigenvalue weighted by atomic mass is 10.1. The van der Waals surface area contributed by atoms with E-state index in [1.165, 1.54) is 6.07 Å². The molecule has 2 N–H and O–H groups in total. The Morgan fingerprint density at radius 1 is 1.19 bits per heavy atom. The van der Waals surface area contributed by atoms with Crippen LogP contribution in [0.25, 0.3) is 0 Å². The molecule has 0 fully saturated rings. The average Bonchev–Trinajstić information content (AvgIpc) is 2.49. The fraction of sp³-hybridized carbons (Fsp3) is 0.235. The second-order valence-corrected chi connectivity index (χ2v) is 4.86. The third-order valence-electron chi connectivity index (χ3n) is 3.27. The topological polar surface area (TPSA) is 41.1 Å². The third kappa shape index (κ3) is 3.89. The first-order valence-corrected chi connectivity index (χ1v) is 6.98. The first-order chi connectivity index (χ1) is 10.1. The van der Waals surface area contributed by atoms with Crippen molar-refractivity contribution >= 4 is 11.6 Å². The molecular weight excluding hydrogens is 267 g/mol. The van der Waals surface area contributed by atoms with Crippen LogP contribution >= 0.6 is 0 Å². The molecule has 0 radical (unpaired) electrons. The summed E-state index contributed by atoms with van der Waals surface area (Å²) in [6.07, 6.45) is 0. The molecule has 0 saturated carbocycles. The van der Waals surface area contributed by atoms with Crippen LogP contribution < -0.4 is 10.6 Å². The predicted octanol–water partition coefficient (Wildman–Crippen LogP) is 3.50. The van der Waals surface area contributed by atoms with Crippen LogP contribution in [0.15, 0.2) is 42.5 Å². The number of rotatable bonds is 5. The second-order valence-electron chi connectivity index (χ2n) is 4.86. The molecule has 110 valence electrons. The third-order valence-corrected chi connectivity index (χ3v) is 3.27. The minimum atomic E-state index is -0.372. The van der Waals surface area contributed by atoms with E-state index in [4.69, 9.17) is 0 Å². The number of amides is 1. The first-order valence-electron chi connectivity index (χ1n) is 6.98. The largest absolute Gasteiger partial charge is 0.322 e. The Kier molecular flexibility index (Phi) is 5.06. The van der Waals surface area contributed by atoms with E-state index in [0.717, 1.165) is 17.8 Å². The highest BCUT2D eigenvalue weighted by molar-refractivity contribution is 6.04. The number of anilines is 1. The van der Waals surface area contributed by atoms with Gasteiger partial charge in [0.25, 0.3) is 5.91 Å². The molecular formula is C17H19FN2O. The van der Waals surface area contributed by atoms with Crippen molar-refractivity contribution in [2.75, 3.05) is 11.9 Å². The number of nitrogens with one attached hydrogen (secondary N) is 2. The van der Waals surface area contributed by atoms with Crippen molar-refractivity contribution in [3.05, 3.63) is 65.0 Å². The highest BCUT2D eigenvalue weighted by atomic mass is 19.1. The van der Waals surface area contributed by atoms with E-state index < -0.39 is 0 Å². The molecule has 2 aromatic carbocycles. The van der Waals surface area contributed by atoms with Crippen molar-refractivity contribution in [3.8, 4) is 0 Å². The van der Waals surface area contributed by atoms with Crippen LogP contribution in [0.3, 0.4) is 0 Å². The first kappa shape index (κ1) is 15.2. The SMILES string of the molecule is CCNCc1ccccc1NC(=O)c1ccc(C)c(F)c1. The van der Waals surface area contributed by atoms with E-state index >= 15 is 0 Å². The summed E-state index contributed by atoms with van der Waals surface area (Å²) in [5.41, 5.74) is 2.58. The summed E-state index contributed by atoms with van der Waals surface area (Å²) in [7, 11) is 0. The molecule has 1 amide bonds. The van der Waals surface area contributed by atoms with Crippen molar-refractivity contribution in [1.29, 1.82) is 0 Å². The fourth-order valence-corrected chi connectivity index (χ4v) is 1.98. The maximum atomic E-state index is 13.5. The van der Waals surface area contributed by atoms with Crippen molar-refractivity contribution in [3.63, 3.8) is 0 Å². The van der Waals surface area contributed by atoms with Crippen molar-refractivity contribution in [2.24, 2.45) is 0 Å². The summed E-state index contributed by atoms with van der Waals surface area (Å²) in [5.74, 6) is -0.679. The summed E-state index contributed by atoms with van der Waals surface area (Å²) >= 11 is 0. The zero-order chi connectivity index (χ0) is 15.2. The van der Waals surface area contributed by atoms with Crippen LogP contribution in [-0.2, 0) is 6.54 Å². The van der Waals surface area contributed by atoms with Crippen molar-refractivity contribution in [1.82, 2.24) is 5.32 Å². The van der Waals surface area contributed by atoms with Crippen LogP contribution in [-0.4, -0.2) is 12.5 Å². The van der Waals surface area contributed by atoms with E-state index in [2.05, 4.69) is 10.6 Å². The Morgan fingerprint density at radius 3 is 2.67 bits per heavy atom.